The Hall–Kier alpha value is -2.42. The number of carbonyl (C=O) groups excluding carboxylic acids is 2. The van der Waals surface area contributed by atoms with E-state index >= 15 is 0 Å². The topological polar surface area (TPSA) is 43.4 Å². The maximum Gasteiger partial charge on any atom is 0.311 e. The van der Waals surface area contributed by atoms with Crippen molar-refractivity contribution in [3.63, 3.8) is 0 Å². The Morgan fingerprint density at radius 3 is 1.92 bits per heavy atom. The fraction of sp³-hybridized carbons (Fsp3) is 0.176. The van der Waals surface area contributed by atoms with Crippen molar-refractivity contribution in [2.45, 2.75) is 18.6 Å². The Morgan fingerprint density at radius 1 is 0.808 bits per heavy atom. The van der Waals surface area contributed by atoms with Gasteiger partial charge in [0.15, 0.2) is 5.12 Å². The molecule has 3 nitrogen and oxygen atoms in total. The molecule has 2 aromatic carbocycles. The van der Waals surface area contributed by atoms with Crippen molar-refractivity contribution in [3.8, 4) is 5.75 Å². The quantitative estimate of drug-likeness (QED) is 0.239. The zero-order chi connectivity index (χ0) is 19.3. The number of thioether (sulfide) groups is 1. The molecule has 0 amide bonds. The van der Waals surface area contributed by atoms with Gasteiger partial charge in [0.05, 0.1) is 6.42 Å². The van der Waals surface area contributed by atoms with Gasteiger partial charge in [-0.15, -0.1) is 0 Å². The fourth-order valence-electron chi connectivity index (χ4n) is 1.85. The Morgan fingerprint density at radius 2 is 1.35 bits per heavy atom. The van der Waals surface area contributed by atoms with Gasteiger partial charge in [0.1, 0.15) is 0 Å². The molecule has 0 aromatic heterocycles. The molecule has 0 aliphatic heterocycles. The summed E-state index contributed by atoms with van der Waals surface area (Å²) in [6.07, 6.45) is -0.883. The van der Waals surface area contributed by atoms with E-state index in [2.05, 4.69) is 4.74 Å². The molecule has 0 unspecified atom stereocenters. The second-order valence-electron chi connectivity index (χ2n) is 5.02. The number of benzene rings is 2. The summed E-state index contributed by atoms with van der Waals surface area (Å²) in [6.45, 7) is 0. The number of ether oxygens (including phenoxy) is 1. The van der Waals surface area contributed by atoms with Crippen LogP contribution in [0.3, 0.4) is 0 Å². The minimum absolute atomic E-state index is 0.314. The smallest absolute Gasteiger partial charge is 0.311 e. The van der Waals surface area contributed by atoms with Crippen LogP contribution < -0.4 is 4.74 Å². The predicted octanol–water partition coefficient (Wildman–Crippen LogP) is 4.53. The molecule has 0 radical (unpaired) electrons. The number of rotatable bonds is 6. The van der Waals surface area contributed by atoms with E-state index in [1.165, 1.54) is 0 Å². The number of halogens is 5. The summed E-state index contributed by atoms with van der Waals surface area (Å²) in [5, 5.41) is -0.386. The van der Waals surface area contributed by atoms with Gasteiger partial charge in [-0.05, 0) is 5.56 Å². The zero-order valence-corrected chi connectivity index (χ0v) is 13.8. The number of hydrogen-bond acceptors (Lipinski definition) is 4. The summed E-state index contributed by atoms with van der Waals surface area (Å²) in [5.74, 6) is -13.9. The molecule has 0 saturated carbocycles. The third kappa shape index (κ3) is 4.81. The van der Waals surface area contributed by atoms with E-state index in [1.54, 1.807) is 24.3 Å². The van der Waals surface area contributed by atoms with E-state index in [0.717, 1.165) is 17.3 Å². The average Bonchev–Trinajstić information content (AvgIpc) is 2.65. The van der Waals surface area contributed by atoms with E-state index in [1.807, 2.05) is 6.07 Å². The van der Waals surface area contributed by atoms with Gasteiger partial charge in [0, 0.05) is 12.2 Å². The lowest BCUT2D eigenvalue weighted by Crippen LogP contribution is -2.14. The van der Waals surface area contributed by atoms with E-state index in [4.69, 9.17) is 0 Å². The Balaban J connectivity index is 1.90. The van der Waals surface area contributed by atoms with E-state index < -0.39 is 47.2 Å². The second kappa shape index (κ2) is 8.79. The lowest BCUT2D eigenvalue weighted by atomic mass is 10.2. The van der Waals surface area contributed by atoms with Gasteiger partial charge >= 0.3 is 5.97 Å². The van der Waals surface area contributed by atoms with Gasteiger partial charge in [-0.2, -0.15) is 8.78 Å². The average molecular weight is 390 g/mol. The van der Waals surface area contributed by atoms with Gasteiger partial charge in [0.25, 0.3) is 0 Å². The molecule has 2 rings (SSSR count). The summed E-state index contributed by atoms with van der Waals surface area (Å²) >= 11 is 0.927. The van der Waals surface area contributed by atoms with Crippen molar-refractivity contribution >= 4 is 22.8 Å². The van der Waals surface area contributed by atoms with E-state index in [-0.39, 0.29) is 11.5 Å². The summed E-state index contributed by atoms with van der Waals surface area (Å²) in [6, 6.07) is 9.00. The maximum atomic E-state index is 13.4. The Bertz CT molecular complexity index is 798. The minimum atomic E-state index is -2.35. The highest BCUT2D eigenvalue weighted by atomic mass is 32.2. The van der Waals surface area contributed by atoms with Crippen molar-refractivity contribution in [1.82, 2.24) is 0 Å². The standard InChI is InChI=1S/C17H11F5O3S/c18-12-13(19)15(21)17(16(22)14(12)20)25-10(23)6-7-11(24)26-8-9-4-2-1-3-5-9/h1-5H,6-8H2. The zero-order valence-electron chi connectivity index (χ0n) is 13.0. The molecule has 9 heteroatoms. The monoisotopic (exact) mass is 390 g/mol. The number of carbonyl (C=O) groups is 2. The first-order valence-electron chi connectivity index (χ1n) is 7.23. The molecule has 0 aliphatic rings. The molecule has 2 aromatic rings. The molecule has 0 fully saturated rings. The Labute approximate surface area is 149 Å². The summed E-state index contributed by atoms with van der Waals surface area (Å²) < 4.78 is 69.9. The summed E-state index contributed by atoms with van der Waals surface area (Å²) in [7, 11) is 0. The van der Waals surface area contributed by atoms with Crippen LogP contribution in [0.25, 0.3) is 0 Å². The molecule has 0 saturated heterocycles. The first-order valence-corrected chi connectivity index (χ1v) is 8.21. The highest BCUT2D eigenvalue weighted by molar-refractivity contribution is 8.12. The molecule has 0 aliphatic carbocycles. The van der Waals surface area contributed by atoms with Crippen molar-refractivity contribution in [3.05, 3.63) is 65.0 Å². The van der Waals surface area contributed by atoms with E-state index in [0.29, 0.717) is 5.75 Å². The molecule has 0 bridgehead atoms. The van der Waals surface area contributed by atoms with Crippen LogP contribution in [0.2, 0.25) is 0 Å². The van der Waals surface area contributed by atoms with Crippen molar-refractivity contribution < 1.29 is 36.3 Å². The van der Waals surface area contributed by atoms with Gasteiger partial charge in [0.2, 0.25) is 34.8 Å². The summed E-state index contributed by atoms with van der Waals surface area (Å²) in [4.78, 5) is 23.2. The van der Waals surface area contributed by atoms with Crippen molar-refractivity contribution in [2.24, 2.45) is 0 Å². The molecule has 0 atom stereocenters. The SMILES string of the molecule is O=C(CCC(=O)SCc1ccccc1)Oc1c(F)c(F)c(F)c(F)c1F. The van der Waals surface area contributed by atoms with Gasteiger partial charge in [-0.3, -0.25) is 9.59 Å². The third-order valence-electron chi connectivity index (χ3n) is 3.16. The van der Waals surface area contributed by atoms with Crippen LogP contribution in [0.15, 0.2) is 30.3 Å². The van der Waals surface area contributed by atoms with Gasteiger partial charge < -0.3 is 4.74 Å². The highest BCUT2D eigenvalue weighted by Gasteiger charge is 2.28. The molecule has 0 spiro atoms. The van der Waals surface area contributed by atoms with Gasteiger partial charge in [-0.1, -0.05) is 42.1 Å². The van der Waals surface area contributed by atoms with Crippen LogP contribution in [-0.2, 0) is 15.3 Å². The van der Waals surface area contributed by atoms with Gasteiger partial charge in [-0.25, -0.2) is 13.2 Å². The maximum absolute atomic E-state index is 13.4. The number of hydrogen-bond donors (Lipinski definition) is 0. The number of esters is 1. The van der Waals surface area contributed by atoms with Crippen LogP contribution >= 0.6 is 11.8 Å². The lowest BCUT2D eigenvalue weighted by molar-refractivity contribution is -0.135. The molecular formula is C17H11F5O3S. The molecule has 0 heterocycles. The van der Waals surface area contributed by atoms with Crippen molar-refractivity contribution in [1.29, 1.82) is 0 Å². The highest BCUT2D eigenvalue weighted by Crippen LogP contribution is 2.29. The molecular weight excluding hydrogens is 379 g/mol. The van der Waals surface area contributed by atoms with Crippen LogP contribution in [-0.4, -0.2) is 11.1 Å². The normalized spacial score (nSPS) is 10.7. The predicted molar refractivity (Wildman–Crippen MR) is 83.8 cm³/mol. The fourth-order valence-corrected chi connectivity index (χ4v) is 2.62. The summed E-state index contributed by atoms with van der Waals surface area (Å²) in [5.41, 5.74) is 0.884. The van der Waals surface area contributed by atoms with Crippen LogP contribution in [0.1, 0.15) is 18.4 Å². The lowest BCUT2D eigenvalue weighted by Gasteiger charge is -2.08. The first kappa shape index (κ1) is 19.9. The largest absolute Gasteiger partial charge is 0.420 e. The van der Waals surface area contributed by atoms with Crippen LogP contribution in [0, 0.1) is 29.1 Å². The van der Waals surface area contributed by atoms with Crippen LogP contribution in [0.4, 0.5) is 22.0 Å². The van der Waals surface area contributed by atoms with Crippen molar-refractivity contribution in [2.75, 3.05) is 0 Å². The van der Waals surface area contributed by atoms with E-state index in [9.17, 15) is 31.5 Å². The molecule has 0 N–H and O–H groups in total. The van der Waals surface area contributed by atoms with Crippen LogP contribution in [0.5, 0.6) is 5.75 Å². The third-order valence-corrected chi connectivity index (χ3v) is 4.17. The molecule has 26 heavy (non-hydrogen) atoms. The molecule has 138 valence electrons. The first-order chi connectivity index (χ1) is 12.3. The second-order valence-corrected chi connectivity index (χ2v) is 6.05. The minimum Gasteiger partial charge on any atom is -0.420 e. The Kier molecular flexibility index (Phi) is 6.73.